The summed E-state index contributed by atoms with van der Waals surface area (Å²) in [6, 6.07) is 9.58. The van der Waals surface area contributed by atoms with Gasteiger partial charge in [0.05, 0.1) is 18.2 Å². The number of hydrogen-bond acceptors (Lipinski definition) is 6. The van der Waals surface area contributed by atoms with E-state index < -0.39 is 17.8 Å². The predicted molar refractivity (Wildman–Crippen MR) is 143 cm³/mol. The average molecular weight is 553 g/mol. The molecule has 210 valence electrons. The van der Waals surface area contributed by atoms with Gasteiger partial charge < -0.3 is 14.7 Å². The molecular formula is C30H31F3N4O3. The molecule has 40 heavy (non-hydrogen) atoms. The van der Waals surface area contributed by atoms with Crippen LogP contribution in [-0.4, -0.2) is 69.7 Å². The zero-order valence-electron chi connectivity index (χ0n) is 22.5. The fourth-order valence-electron chi connectivity index (χ4n) is 4.45. The van der Waals surface area contributed by atoms with E-state index in [-0.39, 0.29) is 36.0 Å². The lowest BCUT2D eigenvalue weighted by atomic mass is 9.99. The van der Waals surface area contributed by atoms with Crippen molar-refractivity contribution in [1.29, 1.82) is 0 Å². The number of amides is 1. The summed E-state index contributed by atoms with van der Waals surface area (Å²) < 4.78 is 44.9. The Hall–Kier alpha value is -3.94. The van der Waals surface area contributed by atoms with Gasteiger partial charge in [-0.15, -0.1) is 0 Å². The molecule has 4 rings (SSSR count). The van der Waals surface area contributed by atoms with Crippen LogP contribution in [0.25, 0.3) is 0 Å². The maximum absolute atomic E-state index is 13.6. The summed E-state index contributed by atoms with van der Waals surface area (Å²) in [6.07, 6.45) is 0.245. The average Bonchev–Trinajstić information content (AvgIpc) is 2.93. The number of halogens is 3. The van der Waals surface area contributed by atoms with Crippen LogP contribution in [0.4, 0.5) is 13.2 Å². The molecule has 0 fully saturated rings. The van der Waals surface area contributed by atoms with Gasteiger partial charge in [-0.3, -0.25) is 14.7 Å². The van der Waals surface area contributed by atoms with Gasteiger partial charge in [-0.25, -0.2) is 4.98 Å². The first-order chi connectivity index (χ1) is 19.0. The summed E-state index contributed by atoms with van der Waals surface area (Å²) in [5.41, 5.74) is 1.37. The van der Waals surface area contributed by atoms with E-state index in [1.54, 1.807) is 30.3 Å². The van der Waals surface area contributed by atoms with Crippen LogP contribution in [0.5, 0.6) is 5.88 Å². The van der Waals surface area contributed by atoms with Gasteiger partial charge in [-0.2, -0.15) is 13.2 Å². The van der Waals surface area contributed by atoms with Crippen molar-refractivity contribution in [2.75, 3.05) is 26.7 Å². The van der Waals surface area contributed by atoms with Gasteiger partial charge in [-0.05, 0) is 62.0 Å². The van der Waals surface area contributed by atoms with Crippen molar-refractivity contribution < 1.29 is 27.8 Å². The molecule has 0 bridgehead atoms. The Morgan fingerprint density at radius 3 is 2.48 bits per heavy atom. The second kappa shape index (κ2) is 12.5. The summed E-state index contributed by atoms with van der Waals surface area (Å²) in [6.45, 7) is 5.19. The number of likely N-dealkylation sites (N-methyl/N-ethyl adjacent to an activating group) is 1. The highest BCUT2D eigenvalue weighted by molar-refractivity contribution is 5.97. The van der Waals surface area contributed by atoms with Crippen LogP contribution >= 0.6 is 0 Å². The SMILES string of the molecule is C[C@H](CO)N1C[C@H](C)[C@H](CN(C)Cc2ccncc2)Oc2ncc(C#Cc3ccc(C(F)(F)F)cc3)cc2C1=O. The van der Waals surface area contributed by atoms with Gasteiger partial charge >= 0.3 is 6.18 Å². The van der Waals surface area contributed by atoms with Crippen molar-refractivity contribution in [1.82, 2.24) is 19.8 Å². The Labute approximate surface area is 231 Å². The Morgan fingerprint density at radius 1 is 1.15 bits per heavy atom. The number of alkyl halides is 3. The smallest absolute Gasteiger partial charge is 0.416 e. The normalized spacial score (nSPS) is 18.2. The Bertz CT molecular complexity index is 1370. The van der Waals surface area contributed by atoms with Crippen LogP contribution in [-0.2, 0) is 12.7 Å². The minimum Gasteiger partial charge on any atom is -0.472 e. The molecule has 0 saturated carbocycles. The Balaban J connectivity index is 1.61. The highest BCUT2D eigenvalue weighted by Gasteiger charge is 2.34. The largest absolute Gasteiger partial charge is 0.472 e. The van der Waals surface area contributed by atoms with Crippen molar-refractivity contribution in [2.45, 2.75) is 38.7 Å². The molecule has 0 saturated heterocycles. The molecule has 3 heterocycles. The van der Waals surface area contributed by atoms with Crippen molar-refractivity contribution in [2.24, 2.45) is 5.92 Å². The van der Waals surface area contributed by atoms with E-state index in [1.165, 1.54) is 18.3 Å². The molecule has 1 aliphatic heterocycles. The number of aliphatic hydroxyl groups excluding tert-OH is 1. The molecule has 0 radical (unpaired) electrons. The van der Waals surface area contributed by atoms with Crippen LogP contribution in [0.3, 0.4) is 0 Å². The zero-order chi connectivity index (χ0) is 28.9. The third kappa shape index (κ3) is 7.17. The predicted octanol–water partition coefficient (Wildman–Crippen LogP) is 4.25. The summed E-state index contributed by atoms with van der Waals surface area (Å²) >= 11 is 0. The lowest BCUT2D eigenvalue weighted by Crippen LogP contribution is -2.49. The Kier molecular flexibility index (Phi) is 9.07. The van der Waals surface area contributed by atoms with E-state index in [1.807, 2.05) is 26.1 Å². The molecule has 7 nitrogen and oxygen atoms in total. The number of ether oxygens (including phenoxy) is 1. The van der Waals surface area contributed by atoms with E-state index in [4.69, 9.17) is 4.74 Å². The second-order valence-electron chi connectivity index (χ2n) is 10.1. The summed E-state index contributed by atoms with van der Waals surface area (Å²) in [5.74, 6) is 5.48. The van der Waals surface area contributed by atoms with Gasteiger partial charge in [0.1, 0.15) is 11.7 Å². The first-order valence-electron chi connectivity index (χ1n) is 12.9. The summed E-state index contributed by atoms with van der Waals surface area (Å²) in [4.78, 5) is 25.8. The molecule has 2 aromatic heterocycles. The van der Waals surface area contributed by atoms with Gasteiger partial charge in [-0.1, -0.05) is 18.8 Å². The minimum absolute atomic E-state index is 0.0630. The zero-order valence-corrected chi connectivity index (χ0v) is 22.5. The Morgan fingerprint density at radius 2 is 1.82 bits per heavy atom. The lowest BCUT2D eigenvalue weighted by molar-refractivity contribution is -0.137. The number of benzene rings is 1. The van der Waals surface area contributed by atoms with Crippen LogP contribution in [0.1, 0.15) is 46.5 Å². The van der Waals surface area contributed by atoms with Crippen molar-refractivity contribution in [3.63, 3.8) is 0 Å². The van der Waals surface area contributed by atoms with Gasteiger partial charge in [0, 0.05) is 55.3 Å². The number of hydrogen-bond donors (Lipinski definition) is 1. The van der Waals surface area contributed by atoms with Crippen molar-refractivity contribution >= 4 is 5.91 Å². The van der Waals surface area contributed by atoms with E-state index in [9.17, 15) is 23.1 Å². The molecule has 10 heteroatoms. The third-order valence-corrected chi connectivity index (χ3v) is 6.78. The number of rotatable bonds is 6. The topological polar surface area (TPSA) is 78.8 Å². The number of pyridine rings is 2. The van der Waals surface area contributed by atoms with Crippen LogP contribution in [0, 0.1) is 17.8 Å². The molecule has 1 N–H and O–H groups in total. The quantitative estimate of drug-likeness (QED) is 0.461. The number of carbonyl (C=O) groups excluding carboxylic acids is 1. The van der Waals surface area contributed by atoms with Crippen LogP contribution < -0.4 is 4.74 Å². The molecule has 0 aliphatic carbocycles. The molecule has 3 aromatic rings. The molecule has 1 aromatic carbocycles. The molecule has 1 amide bonds. The van der Waals surface area contributed by atoms with Crippen molar-refractivity contribution in [3.8, 4) is 17.7 Å². The van der Waals surface area contributed by atoms with Crippen LogP contribution in [0.2, 0.25) is 0 Å². The first kappa shape index (κ1) is 29.1. The molecule has 0 unspecified atom stereocenters. The second-order valence-corrected chi connectivity index (χ2v) is 10.1. The van der Waals surface area contributed by atoms with Gasteiger partial charge in [0.2, 0.25) is 5.88 Å². The highest BCUT2D eigenvalue weighted by Crippen LogP contribution is 2.29. The van der Waals surface area contributed by atoms with Crippen molar-refractivity contribution in [3.05, 3.63) is 88.9 Å². The maximum atomic E-state index is 13.6. The monoisotopic (exact) mass is 552 g/mol. The molecular weight excluding hydrogens is 521 g/mol. The van der Waals surface area contributed by atoms with Gasteiger partial charge in [0.25, 0.3) is 5.91 Å². The number of nitrogens with zero attached hydrogens (tertiary/aromatic N) is 4. The summed E-state index contributed by atoms with van der Waals surface area (Å²) in [7, 11) is 1.99. The van der Waals surface area contributed by atoms with E-state index in [0.717, 1.165) is 17.7 Å². The van der Waals surface area contributed by atoms with E-state index in [2.05, 4.69) is 26.7 Å². The fourth-order valence-corrected chi connectivity index (χ4v) is 4.45. The summed E-state index contributed by atoms with van der Waals surface area (Å²) in [5, 5.41) is 9.86. The standard InChI is InChI=1S/C30H31F3N4O3/c1-20-16-37(21(2)19-38)29(39)26-14-24(5-4-22-6-8-25(9-7-22)30(31,32)33)15-35-28(26)40-27(20)18-36(3)17-23-10-12-34-13-11-23/h6-15,20-21,27,38H,16-19H2,1-3H3/t20-,21+,27-/m0/s1. The fraction of sp³-hybridized carbons (Fsp3) is 0.367. The molecule has 3 atom stereocenters. The first-order valence-corrected chi connectivity index (χ1v) is 12.9. The minimum atomic E-state index is -4.42. The van der Waals surface area contributed by atoms with E-state index in [0.29, 0.717) is 30.8 Å². The number of fused-ring (bicyclic) bond motifs is 1. The molecule has 0 spiro atoms. The number of aromatic nitrogens is 2. The lowest BCUT2D eigenvalue weighted by Gasteiger charge is -2.37. The molecule has 1 aliphatic rings. The van der Waals surface area contributed by atoms with Gasteiger partial charge in [0.15, 0.2) is 0 Å². The third-order valence-electron chi connectivity index (χ3n) is 6.78. The maximum Gasteiger partial charge on any atom is 0.416 e. The highest BCUT2D eigenvalue weighted by atomic mass is 19.4. The number of carbonyl (C=O) groups is 1. The van der Waals surface area contributed by atoms with E-state index >= 15 is 0 Å². The number of aliphatic hydroxyl groups is 1. The van der Waals surface area contributed by atoms with Crippen LogP contribution in [0.15, 0.2) is 61.1 Å².